The van der Waals surface area contributed by atoms with Crippen LogP contribution >= 0.6 is 0 Å². The number of nitrogens with one attached hydrogen (secondary N) is 1. The van der Waals surface area contributed by atoms with Crippen molar-refractivity contribution in [3.63, 3.8) is 0 Å². The largest absolute Gasteiger partial charge is 0.381 e. The van der Waals surface area contributed by atoms with Crippen LogP contribution in [0.15, 0.2) is 18.6 Å². The first-order valence-corrected chi connectivity index (χ1v) is 5.98. The zero-order chi connectivity index (χ0) is 12.1. The number of likely N-dealkylation sites (N-methyl/N-ethyl adjacent to an activating group) is 1. The zero-order valence-electron chi connectivity index (χ0n) is 10.5. The Morgan fingerprint density at radius 3 is 2.71 bits per heavy atom. The van der Waals surface area contributed by atoms with Gasteiger partial charge in [0.1, 0.15) is 5.82 Å². The molecule has 0 aromatic carbocycles. The van der Waals surface area contributed by atoms with Crippen molar-refractivity contribution in [2.24, 2.45) is 0 Å². The van der Waals surface area contributed by atoms with Gasteiger partial charge in [0, 0.05) is 37.7 Å². The molecule has 0 spiro atoms. The summed E-state index contributed by atoms with van der Waals surface area (Å²) in [5, 5.41) is 3.37. The minimum Gasteiger partial charge on any atom is -0.381 e. The number of nitrogens with zero attached hydrogens (tertiary/aromatic N) is 3. The van der Waals surface area contributed by atoms with E-state index < -0.39 is 0 Å². The summed E-state index contributed by atoms with van der Waals surface area (Å²) >= 11 is 0. The Hall–Kier alpha value is -1.20. The summed E-state index contributed by atoms with van der Waals surface area (Å²) in [5.41, 5.74) is 0.162. The van der Waals surface area contributed by atoms with E-state index in [0.717, 1.165) is 38.4 Å². The molecule has 0 saturated carbocycles. The van der Waals surface area contributed by atoms with Gasteiger partial charge in [0.05, 0.1) is 6.20 Å². The summed E-state index contributed by atoms with van der Waals surface area (Å²) in [4.78, 5) is 10.6. The van der Waals surface area contributed by atoms with E-state index in [9.17, 15) is 0 Å². The molecule has 2 rings (SSSR count). The molecule has 0 radical (unpaired) electrons. The Kier molecular flexibility index (Phi) is 3.91. The average Bonchev–Trinajstić information content (AvgIpc) is 2.38. The number of hydrogen-bond acceptors (Lipinski definition) is 5. The summed E-state index contributed by atoms with van der Waals surface area (Å²) in [6.45, 7) is 2.54. The molecule has 1 N–H and O–H groups in total. The summed E-state index contributed by atoms with van der Waals surface area (Å²) in [7, 11) is 4.26. The fourth-order valence-electron chi connectivity index (χ4n) is 2.18. The van der Waals surface area contributed by atoms with E-state index in [1.807, 2.05) is 0 Å². The molecule has 2 heterocycles. The van der Waals surface area contributed by atoms with Crippen molar-refractivity contribution in [3.8, 4) is 0 Å². The molecule has 0 atom stereocenters. The zero-order valence-corrected chi connectivity index (χ0v) is 10.5. The maximum absolute atomic E-state index is 5.44. The van der Waals surface area contributed by atoms with Crippen LogP contribution < -0.4 is 5.32 Å². The van der Waals surface area contributed by atoms with Crippen LogP contribution in [0.25, 0.3) is 0 Å². The summed E-state index contributed by atoms with van der Waals surface area (Å²) in [6.07, 6.45) is 7.24. The average molecular weight is 236 g/mol. The molecule has 1 aliphatic rings. The van der Waals surface area contributed by atoms with Gasteiger partial charge < -0.3 is 15.0 Å². The standard InChI is InChI=1S/C12H20N4O/c1-16(2)12(3-7-17-8-4-12)10-15-11-9-13-5-6-14-11/h5-6,9H,3-4,7-8,10H2,1-2H3,(H,14,15). The van der Waals surface area contributed by atoms with Crippen LogP contribution in [0.3, 0.4) is 0 Å². The van der Waals surface area contributed by atoms with Crippen LogP contribution in [-0.4, -0.2) is 54.3 Å². The van der Waals surface area contributed by atoms with Gasteiger partial charge in [0.15, 0.2) is 0 Å². The smallest absolute Gasteiger partial charge is 0.144 e. The molecule has 0 bridgehead atoms. The normalized spacial score (nSPS) is 19.2. The van der Waals surface area contributed by atoms with Gasteiger partial charge in [0.25, 0.3) is 0 Å². The lowest BCUT2D eigenvalue weighted by Crippen LogP contribution is -2.53. The Balaban J connectivity index is 1.98. The van der Waals surface area contributed by atoms with Crippen LogP contribution in [0.1, 0.15) is 12.8 Å². The highest BCUT2D eigenvalue weighted by molar-refractivity contribution is 5.30. The lowest BCUT2D eigenvalue weighted by Gasteiger charge is -2.43. The first kappa shape index (κ1) is 12.3. The second-order valence-electron chi connectivity index (χ2n) is 4.68. The van der Waals surface area contributed by atoms with Gasteiger partial charge in [-0.1, -0.05) is 0 Å². The fraction of sp³-hybridized carbons (Fsp3) is 0.667. The van der Waals surface area contributed by atoms with Gasteiger partial charge in [-0.05, 0) is 26.9 Å². The van der Waals surface area contributed by atoms with Gasteiger partial charge in [-0.15, -0.1) is 0 Å². The molecule has 1 saturated heterocycles. The summed E-state index contributed by atoms with van der Waals surface area (Å²) in [6, 6.07) is 0. The van der Waals surface area contributed by atoms with Crippen LogP contribution in [0.4, 0.5) is 5.82 Å². The highest BCUT2D eigenvalue weighted by Gasteiger charge is 2.34. The molecule has 1 aromatic heterocycles. The van der Waals surface area contributed by atoms with Crippen LogP contribution in [0.5, 0.6) is 0 Å². The first-order chi connectivity index (χ1) is 8.23. The minimum atomic E-state index is 0.162. The molecule has 1 aromatic rings. The topological polar surface area (TPSA) is 50.3 Å². The number of rotatable bonds is 4. The van der Waals surface area contributed by atoms with E-state index in [2.05, 4.69) is 34.3 Å². The van der Waals surface area contributed by atoms with E-state index in [0.29, 0.717) is 0 Å². The summed E-state index contributed by atoms with van der Waals surface area (Å²) in [5.74, 6) is 0.834. The molecule has 0 unspecified atom stereocenters. The van der Waals surface area contributed by atoms with Crippen molar-refractivity contribution in [1.29, 1.82) is 0 Å². The van der Waals surface area contributed by atoms with Crippen molar-refractivity contribution in [2.45, 2.75) is 18.4 Å². The minimum absolute atomic E-state index is 0.162. The molecule has 5 heteroatoms. The molecule has 1 fully saturated rings. The monoisotopic (exact) mass is 236 g/mol. The number of hydrogen-bond donors (Lipinski definition) is 1. The van der Waals surface area contributed by atoms with Crippen molar-refractivity contribution < 1.29 is 4.74 Å². The van der Waals surface area contributed by atoms with E-state index >= 15 is 0 Å². The maximum atomic E-state index is 5.44. The van der Waals surface area contributed by atoms with E-state index in [-0.39, 0.29) is 5.54 Å². The third kappa shape index (κ3) is 2.92. The SMILES string of the molecule is CN(C)C1(CNc2cnccn2)CCOCC1. The van der Waals surface area contributed by atoms with Gasteiger partial charge in [0.2, 0.25) is 0 Å². The van der Waals surface area contributed by atoms with Crippen molar-refractivity contribution in [1.82, 2.24) is 14.9 Å². The number of anilines is 1. The second-order valence-corrected chi connectivity index (χ2v) is 4.68. The quantitative estimate of drug-likeness (QED) is 0.845. The molecular formula is C12H20N4O. The van der Waals surface area contributed by atoms with Gasteiger partial charge in [-0.25, -0.2) is 4.98 Å². The molecule has 94 valence electrons. The molecule has 5 nitrogen and oxygen atoms in total. The lowest BCUT2D eigenvalue weighted by atomic mass is 9.88. The first-order valence-electron chi connectivity index (χ1n) is 5.98. The van der Waals surface area contributed by atoms with Crippen LogP contribution in [0.2, 0.25) is 0 Å². The maximum Gasteiger partial charge on any atom is 0.144 e. The Morgan fingerprint density at radius 1 is 1.35 bits per heavy atom. The van der Waals surface area contributed by atoms with Gasteiger partial charge >= 0.3 is 0 Å². The third-order valence-corrected chi connectivity index (χ3v) is 3.53. The third-order valence-electron chi connectivity index (χ3n) is 3.53. The Morgan fingerprint density at radius 2 is 2.12 bits per heavy atom. The molecule has 1 aliphatic heterocycles. The second kappa shape index (κ2) is 5.42. The predicted molar refractivity (Wildman–Crippen MR) is 67.0 cm³/mol. The van der Waals surface area contributed by atoms with Gasteiger partial charge in [-0.3, -0.25) is 4.98 Å². The number of ether oxygens (including phenoxy) is 1. The van der Waals surface area contributed by atoms with Gasteiger partial charge in [-0.2, -0.15) is 0 Å². The molecular weight excluding hydrogens is 216 g/mol. The molecule has 0 aliphatic carbocycles. The highest BCUT2D eigenvalue weighted by Crippen LogP contribution is 2.26. The van der Waals surface area contributed by atoms with Crippen LogP contribution in [0, 0.1) is 0 Å². The molecule has 17 heavy (non-hydrogen) atoms. The van der Waals surface area contributed by atoms with Crippen LogP contribution in [-0.2, 0) is 4.74 Å². The highest BCUT2D eigenvalue weighted by atomic mass is 16.5. The number of aromatic nitrogens is 2. The predicted octanol–water partition coefficient (Wildman–Crippen LogP) is 0.999. The van der Waals surface area contributed by atoms with Crippen molar-refractivity contribution in [2.75, 3.05) is 39.2 Å². The van der Waals surface area contributed by atoms with E-state index in [1.54, 1.807) is 18.6 Å². The summed E-state index contributed by atoms with van der Waals surface area (Å²) < 4.78 is 5.44. The fourth-order valence-corrected chi connectivity index (χ4v) is 2.18. The van der Waals surface area contributed by atoms with Crippen molar-refractivity contribution in [3.05, 3.63) is 18.6 Å². The lowest BCUT2D eigenvalue weighted by molar-refractivity contribution is -0.000666. The van der Waals surface area contributed by atoms with E-state index in [4.69, 9.17) is 4.74 Å². The van der Waals surface area contributed by atoms with Crippen molar-refractivity contribution >= 4 is 5.82 Å². The Bertz CT molecular complexity index is 336. The van der Waals surface area contributed by atoms with E-state index in [1.165, 1.54) is 0 Å². The Labute approximate surface area is 102 Å². The molecule has 0 amide bonds.